The van der Waals surface area contributed by atoms with Gasteiger partial charge in [0.05, 0.1) is 6.10 Å². The van der Waals surface area contributed by atoms with Crippen LogP contribution in [-0.2, 0) is 4.74 Å². The minimum absolute atomic E-state index is 0.310. The molecule has 1 saturated carbocycles. The summed E-state index contributed by atoms with van der Waals surface area (Å²) < 4.78 is 5.39. The summed E-state index contributed by atoms with van der Waals surface area (Å²) in [5, 5.41) is 0. The molecular formula is C7H15NO. The van der Waals surface area contributed by atoms with Crippen molar-refractivity contribution in [2.45, 2.75) is 38.3 Å². The van der Waals surface area contributed by atoms with Gasteiger partial charge in [-0.1, -0.05) is 0 Å². The number of nitrogens with two attached hydrogens (primary N) is 1. The molecule has 2 heteroatoms. The Morgan fingerprint density at radius 1 is 1.56 bits per heavy atom. The minimum atomic E-state index is 0.310. The molecule has 2 unspecified atom stereocenters. The highest BCUT2D eigenvalue weighted by Crippen LogP contribution is 2.19. The summed E-state index contributed by atoms with van der Waals surface area (Å²) in [6.45, 7) is 2.82. The summed E-state index contributed by atoms with van der Waals surface area (Å²) in [7, 11) is 0. The predicted molar refractivity (Wildman–Crippen MR) is 37.2 cm³/mol. The molecule has 0 radical (unpaired) electrons. The lowest BCUT2D eigenvalue weighted by molar-refractivity contribution is 0.0576. The Balaban J connectivity index is 2.22. The molecule has 0 amide bonds. The smallest absolute Gasteiger partial charge is 0.0725 e. The van der Waals surface area contributed by atoms with E-state index >= 15 is 0 Å². The van der Waals surface area contributed by atoms with Crippen molar-refractivity contribution >= 4 is 0 Å². The fourth-order valence-electron chi connectivity index (χ4n) is 1.38. The quantitative estimate of drug-likeness (QED) is 0.601. The lowest BCUT2D eigenvalue weighted by Crippen LogP contribution is -2.31. The normalized spacial score (nSPS) is 35.3. The number of hydrogen-bond donors (Lipinski definition) is 1. The van der Waals surface area contributed by atoms with Gasteiger partial charge in [0.1, 0.15) is 0 Å². The van der Waals surface area contributed by atoms with Crippen LogP contribution < -0.4 is 5.73 Å². The zero-order valence-electron chi connectivity index (χ0n) is 5.97. The van der Waals surface area contributed by atoms with Crippen LogP contribution in [-0.4, -0.2) is 18.8 Å². The molecule has 0 aliphatic heterocycles. The highest BCUT2D eigenvalue weighted by atomic mass is 16.5. The van der Waals surface area contributed by atoms with Crippen LogP contribution >= 0.6 is 0 Å². The molecule has 0 spiro atoms. The van der Waals surface area contributed by atoms with Gasteiger partial charge >= 0.3 is 0 Å². The fraction of sp³-hybridized carbons (Fsp3) is 1.00. The first-order valence-corrected chi connectivity index (χ1v) is 3.71. The largest absolute Gasteiger partial charge is 0.377 e. The van der Waals surface area contributed by atoms with E-state index in [1.54, 1.807) is 0 Å². The van der Waals surface area contributed by atoms with Gasteiger partial charge in [-0.05, 0) is 26.2 Å². The molecule has 0 bridgehead atoms. The predicted octanol–water partition coefficient (Wildman–Crippen LogP) is 0.903. The van der Waals surface area contributed by atoms with Crippen molar-refractivity contribution in [3.63, 3.8) is 0 Å². The van der Waals surface area contributed by atoms with Crippen LogP contribution in [0.25, 0.3) is 0 Å². The van der Waals surface area contributed by atoms with Crippen LogP contribution in [0.5, 0.6) is 0 Å². The zero-order valence-corrected chi connectivity index (χ0v) is 5.97. The van der Waals surface area contributed by atoms with Crippen LogP contribution in [0.15, 0.2) is 0 Å². The molecule has 1 aliphatic carbocycles. The number of hydrogen-bond acceptors (Lipinski definition) is 2. The van der Waals surface area contributed by atoms with E-state index in [9.17, 15) is 0 Å². The van der Waals surface area contributed by atoms with E-state index in [0.29, 0.717) is 12.1 Å². The highest BCUT2D eigenvalue weighted by molar-refractivity contribution is 4.80. The van der Waals surface area contributed by atoms with Crippen molar-refractivity contribution in [1.82, 2.24) is 0 Å². The van der Waals surface area contributed by atoms with Crippen LogP contribution in [0.4, 0.5) is 0 Å². The van der Waals surface area contributed by atoms with E-state index in [1.807, 2.05) is 6.92 Å². The molecule has 2 nitrogen and oxygen atoms in total. The maximum atomic E-state index is 5.74. The summed E-state index contributed by atoms with van der Waals surface area (Å²) in [4.78, 5) is 0. The van der Waals surface area contributed by atoms with Crippen LogP contribution in [0, 0.1) is 0 Å². The van der Waals surface area contributed by atoms with E-state index in [4.69, 9.17) is 10.5 Å². The van der Waals surface area contributed by atoms with Gasteiger partial charge in [0, 0.05) is 12.6 Å². The molecule has 1 fully saturated rings. The van der Waals surface area contributed by atoms with Crippen molar-refractivity contribution in [2.75, 3.05) is 6.61 Å². The molecule has 0 aromatic carbocycles. The third kappa shape index (κ3) is 1.66. The third-order valence-corrected chi connectivity index (χ3v) is 1.88. The van der Waals surface area contributed by atoms with E-state index in [2.05, 4.69) is 0 Å². The third-order valence-electron chi connectivity index (χ3n) is 1.88. The number of ether oxygens (including phenoxy) is 1. The molecule has 1 rings (SSSR count). The Bertz CT molecular complexity index is 85.0. The van der Waals surface area contributed by atoms with Gasteiger partial charge < -0.3 is 10.5 Å². The number of rotatable bonds is 2. The molecule has 0 aromatic heterocycles. The van der Waals surface area contributed by atoms with E-state index in [0.717, 1.165) is 19.4 Å². The van der Waals surface area contributed by atoms with Gasteiger partial charge in [0.25, 0.3) is 0 Å². The Hall–Kier alpha value is -0.0800. The standard InChI is InChI=1S/C7H15NO/c1-2-9-7-5-3-4-6(7)8/h6-7H,2-5,8H2,1H3. The second kappa shape index (κ2) is 3.18. The second-order valence-electron chi connectivity index (χ2n) is 2.59. The highest BCUT2D eigenvalue weighted by Gasteiger charge is 2.23. The van der Waals surface area contributed by atoms with Gasteiger partial charge in [0.15, 0.2) is 0 Å². The van der Waals surface area contributed by atoms with Crippen molar-refractivity contribution in [1.29, 1.82) is 0 Å². The second-order valence-corrected chi connectivity index (χ2v) is 2.59. The first-order valence-electron chi connectivity index (χ1n) is 3.71. The van der Waals surface area contributed by atoms with Crippen molar-refractivity contribution < 1.29 is 4.74 Å². The Morgan fingerprint density at radius 2 is 2.33 bits per heavy atom. The molecular weight excluding hydrogens is 114 g/mol. The monoisotopic (exact) mass is 129 g/mol. The maximum absolute atomic E-state index is 5.74. The fourth-order valence-corrected chi connectivity index (χ4v) is 1.38. The maximum Gasteiger partial charge on any atom is 0.0725 e. The average Bonchev–Trinajstić information content (AvgIpc) is 2.18. The van der Waals surface area contributed by atoms with Gasteiger partial charge in [-0.25, -0.2) is 0 Å². The van der Waals surface area contributed by atoms with Crippen molar-refractivity contribution in [3.05, 3.63) is 0 Å². The van der Waals surface area contributed by atoms with E-state index in [-0.39, 0.29) is 0 Å². The summed E-state index contributed by atoms with van der Waals surface area (Å²) in [5.74, 6) is 0. The van der Waals surface area contributed by atoms with Crippen LogP contribution in [0.2, 0.25) is 0 Å². The summed E-state index contributed by atoms with van der Waals surface area (Å²) in [6, 6.07) is 0.310. The van der Waals surface area contributed by atoms with E-state index in [1.165, 1.54) is 6.42 Å². The van der Waals surface area contributed by atoms with Crippen molar-refractivity contribution in [2.24, 2.45) is 5.73 Å². The zero-order chi connectivity index (χ0) is 6.69. The van der Waals surface area contributed by atoms with Gasteiger partial charge in [-0.2, -0.15) is 0 Å². The lowest BCUT2D eigenvalue weighted by Gasteiger charge is -2.14. The summed E-state index contributed by atoms with van der Waals surface area (Å²) in [5.41, 5.74) is 5.74. The summed E-state index contributed by atoms with van der Waals surface area (Å²) in [6.07, 6.45) is 3.90. The molecule has 1 aliphatic rings. The SMILES string of the molecule is CCOC1CCCC1N. The van der Waals surface area contributed by atoms with Crippen molar-refractivity contribution in [3.8, 4) is 0 Å². The molecule has 0 heterocycles. The Kier molecular flexibility index (Phi) is 2.49. The Morgan fingerprint density at radius 3 is 2.78 bits per heavy atom. The summed E-state index contributed by atoms with van der Waals surface area (Å²) >= 11 is 0. The molecule has 0 aromatic rings. The molecule has 2 N–H and O–H groups in total. The molecule has 54 valence electrons. The molecule has 9 heavy (non-hydrogen) atoms. The van der Waals surface area contributed by atoms with Gasteiger partial charge in [-0.3, -0.25) is 0 Å². The average molecular weight is 129 g/mol. The van der Waals surface area contributed by atoms with Crippen LogP contribution in [0.1, 0.15) is 26.2 Å². The van der Waals surface area contributed by atoms with Gasteiger partial charge in [-0.15, -0.1) is 0 Å². The van der Waals surface area contributed by atoms with Gasteiger partial charge in [0.2, 0.25) is 0 Å². The minimum Gasteiger partial charge on any atom is -0.377 e. The molecule has 2 atom stereocenters. The first kappa shape index (κ1) is 7.03. The van der Waals surface area contributed by atoms with E-state index < -0.39 is 0 Å². The topological polar surface area (TPSA) is 35.2 Å². The first-order chi connectivity index (χ1) is 4.34. The Labute approximate surface area is 56.4 Å². The molecule has 0 saturated heterocycles. The lowest BCUT2D eigenvalue weighted by atomic mass is 10.2. The van der Waals surface area contributed by atoms with Crippen LogP contribution in [0.3, 0.4) is 0 Å².